The zero-order chi connectivity index (χ0) is 17.0. The molecule has 0 amide bonds. The molecule has 132 valence electrons. The Morgan fingerprint density at radius 3 is 2.52 bits per heavy atom. The number of piperidine rings is 2. The molecule has 0 aliphatic carbocycles. The van der Waals surface area contributed by atoms with Crippen LogP contribution in [0.2, 0.25) is 0 Å². The zero-order valence-corrected chi connectivity index (χ0v) is 15.8. The van der Waals surface area contributed by atoms with Crippen LogP contribution >= 0.6 is 11.3 Å². The molecule has 5 rings (SSSR count). The molecule has 0 N–H and O–H groups in total. The second kappa shape index (κ2) is 6.03. The largest absolute Gasteiger partial charge is 0.463 e. The fraction of sp³-hybridized carbons (Fsp3) is 0.524. The predicted octanol–water partition coefficient (Wildman–Crippen LogP) is 4.97. The van der Waals surface area contributed by atoms with E-state index in [-0.39, 0.29) is 6.23 Å². The van der Waals surface area contributed by atoms with Crippen molar-refractivity contribution in [2.45, 2.75) is 63.4 Å². The number of fused-ring (bicyclic) bond motifs is 3. The number of ether oxygens (including phenoxy) is 1. The summed E-state index contributed by atoms with van der Waals surface area (Å²) in [5.74, 6) is 1.05. The minimum absolute atomic E-state index is 0.0477. The second-order valence-corrected chi connectivity index (χ2v) is 8.79. The highest BCUT2D eigenvalue weighted by Crippen LogP contribution is 2.49. The van der Waals surface area contributed by atoms with E-state index in [0.29, 0.717) is 6.04 Å². The number of nitrogens with zero attached hydrogens (tertiary/aromatic N) is 2. The highest BCUT2D eigenvalue weighted by molar-refractivity contribution is 7.10. The molecule has 0 radical (unpaired) electrons. The Labute approximate surface area is 154 Å². The van der Waals surface area contributed by atoms with Crippen molar-refractivity contribution in [3.8, 4) is 5.75 Å². The fourth-order valence-corrected chi connectivity index (χ4v) is 6.04. The molecule has 1 aromatic heterocycles. The van der Waals surface area contributed by atoms with E-state index in [1.165, 1.54) is 48.2 Å². The molecule has 2 aromatic rings. The summed E-state index contributed by atoms with van der Waals surface area (Å²) < 4.78 is 6.47. The fourth-order valence-electron chi connectivity index (χ4n) is 5.09. The lowest BCUT2D eigenvalue weighted by molar-refractivity contribution is 0.0484. The number of benzene rings is 1. The van der Waals surface area contributed by atoms with Gasteiger partial charge in [-0.3, -0.25) is 0 Å². The van der Waals surface area contributed by atoms with Gasteiger partial charge in [0.2, 0.25) is 6.23 Å². The van der Waals surface area contributed by atoms with Gasteiger partial charge < -0.3 is 14.5 Å². The topological polar surface area (TPSA) is 15.7 Å². The zero-order valence-electron chi connectivity index (χ0n) is 15.0. The highest BCUT2D eigenvalue weighted by Gasteiger charge is 2.44. The third-order valence-corrected chi connectivity index (χ3v) is 7.52. The van der Waals surface area contributed by atoms with Gasteiger partial charge in [0.05, 0.1) is 10.6 Å². The Hall–Kier alpha value is -1.52. The van der Waals surface area contributed by atoms with Crippen molar-refractivity contribution in [2.75, 3.05) is 11.9 Å². The molecule has 3 unspecified atom stereocenters. The van der Waals surface area contributed by atoms with E-state index in [4.69, 9.17) is 4.74 Å². The molecule has 3 nitrogen and oxygen atoms in total. The van der Waals surface area contributed by atoms with Crippen LogP contribution in [0.3, 0.4) is 0 Å². The molecule has 2 bridgehead atoms. The molecule has 3 atom stereocenters. The van der Waals surface area contributed by atoms with E-state index in [9.17, 15) is 0 Å². The third kappa shape index (κ3) is 2.49. The first-order valence-corrected chi connectivity index (χ1v) is 10.4. The van der Waals surface area contributed by atoms with Gasteiger partial charge in [-0.2, -0.15) is 0 Å². The summed E-state index contributed by atoms with van der Waals surface area (Å²) in [4.78, 5) is 6.61. The van der Waals surface area contributed by atoms with Crippen LogP contribution in [0.25, 0.3) is 0 Å². The van der Waals surface area contributed by atoms with Crippen LogP contribution < -0.4 is 9.64 Å². The maximum atomic E-state index is 6.47. The minimum atomic E-state index is 0.0477. The summed E-state index contributed by atoms with van der Waals surface area (Å²) in [6.07, 6.45) is 6.65. The van der Waals surface area contributed by atoms with Crippen LogP contribution in [-0.2, 0) is 0 Å². The molecule has 0 saturated carbocycles. The standard InChI is InChI=1S/C21H26N2OS/c1-14-10-11-25-20(14)21-23(18-8-3-4-9-19(18)24-21)17-12-15-6-5-7-16(13-17)22(15)2/h3-4,8-11,15-17,21H,5-7,12-13H2,1-2H3. The maximum absolute atomic E-state index is 6.47. The van der Waals surface area contributed by atoms with Gasteiger partial charge in [0.1, 0.15) is 5.75 Å². The number of hydrogen-bond acceptors (Lipinski definition) is 4. The molecule has 1 aromatic carbocycles. The van der Waals surface area contributed by atoms with Crippen molar-refractivity contribution in [1.29, 1.82) is 0 Å². The molecular formula is C21H26N2OS. The Kier molecular flexibility index (Phi) is 3.79. The number of para-hydroxylation sites is 2. The number of thiophene rings is 1. The maximum Gasteiger partial charge on any atom is 0.208 e. The van der Waals surface area contributed by atoms with E-state index >= 15 is 0 Å². The van der Waals surface area contributed by atoms with Gasteiger partial charge in [-0.15, -0.1) is 11.3 Å². The Morgan fingerprint density at radius 2 is 1.80 bits per heavy atom. The molecular weight excluding hydrogens is 328 g/mol. The molecule has 2 saturated heterocycles. The minimum Gasteiger partial charge on any atom is -0.463 e. The summed E-state index contributed by atoms with van der Waals surface area (Å²) in [5.41, 5.74) is 2.63. The van der Waals surface area contributed by atoms with Gasteiger partial charge in [0.25, 0.3) is 0 Å². The quantitative estimate of drug-likeness (QED) is 0.757. The number of anilines is 1. The monoisotopic (exact) mass is 354 g/mol. The summed E-state index contributed by atoms with van der Waals surface area (Å²) in [5, 5.41) is 2.19. The van der Waals surface area contributed by atoms with Crippen molar-refractivity contribution in [1.82, 2.24) is 4.90 Å². The smallest absolute Gasteiger partial charge is 0.208 e. The Morgan fingerprint density at radius 1 is 1.04 bits per heavy atom. The van der Waals surface area contributed by atoms with Crippen LogP contribution in [0, 0.1) is 6.92 Å². The van der Waals surface area contributed by atoms with Gasteiger partial charge >= 0.3 is 0 Å². The Balaban J connectivity index is 1.53. The SMILES string of the molecule is Cc1ccsc1C1Oc2ccccc2N1C1CC2CCCC(C1)N2C. The van der Waals surface area contributed by atoms with Crippen molar-refractivity contribution < 1.29 is 4.74 Å². The predicted molar refractivity (Wildman–Crippen MR) is 104 cm³/mol. The van der Waals surface area contributed by atoms with Crippen LogP contribution in [0.1, 0.15) is 48.8 Å². The molecule has 2 fully saturated rings. The van der Waals surface area contributed by atoms with Crippen LogP contribution in [-0.4, -0.2) is 30.1 Å². The van der Waals surface area contributed by atoms with Crippen molar-refractivity contribution in [3.63, 3.8) is 0 Å². The van der Waals surface area contributed by atoms with Gasteiger partial charge in [-0.25, -0.2) is 0 Å². The first-order valence-electron chi connectivity index (χ1n) is 9.52. The Bertz CT molecular complexity index is 759. The molecule has 4 heteroatoms. The van der Waals surface area contributed by atoms with E-state index in [0.717, 1.165) is 17.8 Å². The third-order valence-electron chi connectivity index (χ3n) is 6.47. The summed E-state index contributed by atoms with van der Waals surface area (Å²) in [7, 11) is 2.33. The van der Waals surface area contributed by atoms with E-state index in [1.54, 1.807) is 0 Å². The van der Waals surface area contributed by atoms with Crippen LogP contribution in [0.5, 0.6) is 5.75 Å². The summed E-state index contributed by atoms with van der Waals surface area (Å²) >= 11 is 1.83. The van der Waals surface area contributed by atoms with Crippen LogP contribution in [0.15, 0.2) is 35.7 Å². The summed E-state index contributed by atoms with van der Waals surface area (Å²) in [6.45, 7) is 2.21. The first kappa shape index (κ1) is 15.7. The average Bonchev–Trinajstić information content (AvgIpc) is 3.17. The molecule has 3 aliphatic heterocycles. The lowest BCUT2D eigenvalue weighted by Crippen LogP contribution is -2.55. The van der Waals surface area contributed by atoms with Crippen molar-refractivity contribution in [3.05, 3.63) is 46.2 Å². The van der Waals surface area contributed by atoms with E-state index in [1.807, 2.05) is 11.3 Å². The van der Waals surface area contributed by atoms with Gasteiger partial charge in [0, 0.05) is 18.1 Å². The van der Waals surface area contributed by atoms with Gasteiger partial charge in [-0.05, 0) is 68.8 Å². The highest BCUT2D eigenvalue weighted by atomic mass is 32.1. The molecule has 4 heterocycles. The summed E-state index contributed by atoms with van der Waals surface area (Å²) in [6, 6.07) is 12.9. The number of rotatable bonds is 2. The lowest BCUT2D eigenvalue weighted by atomic mass is 9.81. The number of aryl methyl sites for hydroxylation is 1. The van der Waals surface area contributed by atoms with E-state index in [2.05, 4.69) is 59.5 Å². The van der Waals surface area contributed by atoms with Crippen molar-refractivity contribution >= 4 is 17.0 Å². The molecule has 25 heavy (non-hydrogen) atoms. The van der Waals surface area contributed by atoms with Crippen LogP contribution in [0.4, 0.5) is 5.69 Å². The van der Waals surface area contributed by atoms with Crippen molar-refractivity contribution in [2.24, 2.45) is 0 Å². The number of hydrogen-bond donors (Lipinski definition) is 0. The molecule has 3 aliphatic rings. The lowest BCUT2D eigenvalue weighted by Gasteiger charge is -2.50. The second-order valence-electron chi connectivity index (χ2n) is 7.84. The first-order chi connectivity index (χ1) is 12.2. The normalized spacial score (nSPS) is 31.7. The average molecular weight is 355 g/mol. The van der Waals surface area contributed by atoms with Gasteiger partial charge in [-0.1, -0.05) is 18.6 Å². The van der Waals surface area contributed by atoms with E-state index < -0.39 is 0 Å². The van der Waals surface area contributed by atoms with Gasteiger partial charge in [0.15, 0.2) is 0 Å². The molecule has 0 spiro atoms.